The van der Waals surface area contributed by atoms with Crippen LogP contribution in [0.15, 0.2) is 48.5 Å². The molecule has 1 aromatic heterocycles. The Morgan fingerprint density at radius 1 is 1.10 bits per heavy atom. The second kappa shape index (κ2) is 6.94. The molecule has 2 amide bonds. The molecule has 2 atom stereocenters. The maximum atomic E-state index is 13.4. The van der Waals surface area contributed by atoms with Crippen LogP contribution in [0.4, 0.5) is 5.69 Å². The third kappa shape index (κ3) is 2.82. The molecule has 1 N–H and O–H groups in total. The number of hydrogen-bond donors (Lipinski definition) is 1. The molecule has 1 saturated heterocycles. The van der Waals surface area contributed by atoms with Gasteiger partial charge in [-0.1, -0.05) is 30.3 Å². The van der Waals surface area contributed by atoms with Gasteiger partial charge in [-0.3, -0.25) is 19.7 Å². The van der Waals surface area contributed by atoms with Gasteiger partial charge in [0.05, 0.1) is 10.5 Å². The Morgan fingerprint density at radius 2 is 1.81 bits per heavy atom. The van der Waals surface area contributed by atoms with Crippen molar-refractivity contribution in [3.05, 3.63) is 75.5 Å². The summed E-state index contributed by atoms with van der Waals surface area (Å²) in [6.45, 7) is 3.75. The van der Waals surface area contributed by atoms with Crippen molar-refractivity contribution >= 4 is 28.4 Å². The van der Waals surface area contributed by atoms with Crippen LogP contribution in [0.3, 0.4) is 0 Å². The number of piperazine rings is 1. The number of carbonyl (C=O) groups is 2. The second-order valence-corrected chi connectivity index (χ2v) is 8.36. The van der Waals surface area contributed by atoms with Gasteiger partial charge in [-0.15, -0.1) is 0 Å². The number of para-hydroxylation sites is 2. The molecule has 1 unspecified atom stereocenters. The van der Waals surface area contributed by atoms with Crippen LogP contribution in [0, 0.1) is 10.1 Å². The van der Waals surface area contributed by atoms with Gasteiger partial charge in [0.15, 0.2) is 0 Å². The van der Waals surface area contributed by atoms with E-state index in [2.05, 4.69) is 4.98 Å². The van der Waals surface area contributed by atoms with Crippen molar-refractivity contribution in [2.24, 2.45) is 0 Å². The van der Waals surface area contributed by atoms with Gasteiger partial charge >= 0.3 is 0 Å². The van der Waals surface area contributed by atoms with E-state index in [4.69, 9.17) is 0 Å². The van der Waals surface area contributed by atoms with E-state index in [0.717, 1.165) is 22.2 Å². The summed E-state index contributed by atoms with van der Waals surface area (Å²) in [5, 5.41) is 12.8. The van der Waals surface area contributed by atoms with Gasteiger partial charge in [0.25, 0.3) is 5.69 Å². The Morgan fingerprint density at radius 3 is 2.55 bits per heavy atom. The summed E-state index contributed by atoms with van der Waals surface area (Å²) in [5.41, 5.74) is 2.91. The quantitative estimate of drug-likeness (QED) is 0.522. The number of hydrogen-bond acceptors (Lipinski definition) is 4. The van der Waals surface area contributed by atoms with Gasteiger partial charge in [-0.2, -0.15) is 0 Å². The number of H-pyrrole nitrogens is 1. The fourth-order valence-corrected chi connectivity index (χ4v) is 4.93. The fraction of sp³-hybridized carbons (Fsp3) is 0.304. The van der Waals surface area contributed by atoms with E-state index in [0.29, 0.717) is 12.0 Å². The molecule has 1 fully saturated rings. The van der Waals surface area contributed by atoms with Crippen LogP contribution >= 0.6 is 0 Å². The second-order valence-electron chi connectivity index (χ2n) is 8.36. The largest absolute Gasteiger partial charge is 0.356 e. The number of nitro benzene ring substituents is 1. The van der Waals surface area contributed by atoms with Crippen molar-refractivity contribution in [3.8, 4) is 0 Å². The van der Waals surface area contributed by atoms with Crippen LogP contribution in [0.5, 0.6) is 0 Å². The summed E-state index contributed by atoms with van der Waals surface area (Å²) in [5.74, 6) is -0.320. The number of rotatable bonds is 3. The average molecular weight is 418 g/mol. The summed E-state index contributed by atoms with van der Waals surface area (Å²) in [6, 6.07) is 12.7. The maximum Gasteiger partial charge on any atom is 0.275 e. The molecule has 0 radical (unpaired) electrons. The van der Waals surface area contributed by atoms with Crippen molar-refractivity contribution in [1.82, 2.24) is 14.8 Å². The van der Waals surface area contributed by atoms with E-state index in [9.17, 15) is 19.7 Å². The smallest absolute Gasteiger partial charge is 0.275 e. The Bertz CT molecular complexity index is 1230. The lowest BCUT2D eigenvalue weighted by Crippen LogP contribution is -2.64. The summed E-state index contributed by atoms with van der Waals surface area (Å²) in [7, 11) is 0. The number of carbonyl (C=O) groups excluding carboxylic acids is 2. The van der Waals surface area contributed by atoms with Crippen molar-refractivity contribution in [3.63, 3.8) is 0 Å². The molecule has 31 heavy (non-hydrogen) atoms. The summed E-state index contributed by atoms with van der Waals surface area (Å²) >= 11 is 0. The highest BCUT2D eigenvalue weighted by Gasteiger charge is 2.49. The average Bonchev–Trinajstić information content (AvgIpc) is 3.13. The maximum absolute atomic E-state index is 13.4. The van der Waals surface area contributed by atoms with Gasteiger partial charge in [0.2, 0.25) is 11.8 Å². The normalized spacial score (nSPS) is 20.9. The van der Waals surface area contributed by atoms with E-state index in [1.165, 1.54) is 6.07 Å². The molecule has 3 heterocycles. The Labute approximate surface area is 178 Å². The number of amides is 2. The molecule has 2 aliphatic heterocycles. The van der Waals surface area contributed by atoms with Crippen molar-refractivity contribution in [1.29, 1.82) is 0 Å². The van der Waals surface area contributed by atoms with Crippen LogP contribution in [0.1, 0.15) is 36.7 Å². The van der Waals surface area contributed by atoms with Crippen molar-refractivity contribution in [2.75, 3.05) is 6.54 Å². The van der Waals surface area contributed by atoms with Crippen LogP contribution in [0.25, 0.3) is 10.9 Å². The molecule has 8 nitrogen and oxygen atoms in total. The van der Waals surface area contributed by atoms with Gasteiger partial charge in [0, 0.05) is 35.1 Å². The summed E-state index contributed by atoms with van der Waals surface area (Å²) in [4.78, 5) is 44.7. The van der Waals surface area contributed by atoms with E-state index in [1.807, 2.05) is 38.1 Å². The zero-order valence-electron chi connectivity index (χ0n) is 17.2. The topological polar surface area (TPSA) is 99.6 Å². The third-order valence-corrected chi connectivity index (χ3v) is 6.34. The molecular formula is C23H22N4O4. The van der Waals surface area contributed by atoms with Crippen LogP contribution in [0.2, 0.25) is 0 Å². The fourth-order valence-electron chi connectivity index (χ4n) is 4.93. The molecule has 0 saturated carbocycles. The molecule has 0 bridgehead atoms. The van der Waals surface area contributed by atoms with E-state index in [-0.39, 0.29) is 30.1 Å². The lowest BCUT2D eigenvalue weighted by atomic mass is 9.85. The lowest BCUT2D eigenvalue weighted by Gasteiger charge is -2.47. The Balaban J connectivity index is 1.77. The van der Waals surface area contributed by atoms with Crippen molar-refractivity contribution < 1.29 is 14.5 Å². The highest BCUT2D eigenvalue weighted by molar-refractivity contribution is 5.98. The number of nitro groups is 1. The monoisotopic (exact) mass is 418 g/mol. The van der Waals surface area contributed by atoms with Crippen LogP contribution in [-0.4, -0.2) is 50.1 Å². The zero-order chi connectivity index (χ0) is 21.9. The number of nitrogens with zero attached hydrogens (tertiary/aromatic N) is 3. The van der Waals surface area contributed by atoms with Gasteiger partial charge < -0.3 is 14.8 Å². The first kappa shape index (κ1) is 19.3. The van der Waals surface area contributed by atoms with Gasteiger partial charge in [-0.05, 0) is 31.5 Å². The number of nitrogens with one attached hydrogen (secondary N) is 1. The number of benzene rings is 2. The first-order valence-corrected chi connectivity index (χ1v) is 10.3. The molecule has 0 aliphatic carbocycles. The standard InChI is InChI=1S/C23H22N4O4/c1-13(2)25-12-20(28)26-19(23(25)29)11-16-14-7-3-5-9-17(14)24-21(16)22(26)15-8-4-6-10-18(15)27(30)31/h3-10,13,19,22,24H,11-12H2,1-2H3/t19?,22-/m1/s1. The molecule has 3 aromatic rings. The Kier molecular flexibility index (Phi) is 4.32. The lowest BCUT2D eigenvalue weighted by molar-refractivity contribution is -0.385. The van der Waals surface area contributed by atoms with E-state index in [1.54, 1.807) is 28.0 Å². The van der Waals surface area contributed by atoms with E-state index >= 15 is 0 Å². The highest BCUT2D eigenvalue weighted by Crippen LogP contribution is 2.44. The minimum atomic E-state index is -0.728. The summed E-state index contributed by atoms with van der Waals surface area (Å²) < 4.78 is 0. The number of aromatic nitrogens is 1. The molecule has 5 rings (SSSR count). The van der Waals surface area contributed by atoms with E-state index < -0.39 is 17.0 Å². The summed E-state index contributed by atoms with van der Waals surface area (Å²) in [6.07, 6.45) is 0.379. The predicted molar refractivity (Wildman–Crippen MR) is 114 cm³/mol. The third-order valence-electron chi connectivity index (χ3n) is 6.34. The van der Waals surface area contributed by atoms with Crippen molar-refractivity contribution in [2.45, 2.75) is 38.4 Å². The minimum absolute atomic E-state index is 0.0281. The molecule has 2 aromatic carbocycles. The first-order chi connectivity index (χ1) is 14.9. The van der Waals surface area contributed by atoms with Gasteiger partial charge in [0.1, 0.15) is 18.6 Å². The van der Waals surface area contributed by atoms with Gasteiger partial charge in [-0.25, -0.2) is 0 Å². The minimum Gasteiger partial charge on any atom is -0.356 e. The molecule has 8 heteroatoms. The zero-order valence-corrected chi connectivity index (χ0v) is 17.2. The van der Waals surface area contributed by atoms with Crippen LogP contribution < -0.4 is 0 Å². The molecule has 158 valence electrons. The molecular weight excluding hydrogens is 396 g/mol. The highest BCUT2D eigenvalue weighted by atomic mass is 16.6. The SMILES string of the molecule is CC(C)N1CC(=O)N2C(Cc3c([nH]c4ccccc34)[C@H]2c2ccccc2[N+](=O)[O-])C1=O. The predicted octanol–water partition coefficient (Wildman–Crippen LogP) is 3.17. The molecule has 2 aliphatic rings. The van der Waals surface area contributed by atoms with Crippen LogP contribution in [-0.2, 0) is 16.0 Å². The first-order valence-electron chi connectivity index (χ1n) is 10.3. The number of aromatic amines is 1. The molecule has 0 spiro atoms. The number of fused-ring (bicyclic) bond motifs is 4. The Hall–Kier alpha value is -3.68.